The normalized spacial score (nSPS) is 23.4. The minimum Gasteiger partial charge on any atom is -0.380 e. The highest BCUT2D eigenvalue weighted by Crippen LogP contribution is 2.42. The molecule has 2 unspecified atom stereocenters. The maximum atomic E-state index is 5.68. The fourth-order valence-corrected chi connectivity index (χ4v) is 3.64. The Morgan fingerprint density at radius 2 is 2.18 bits per heavy atom. The van der Waals surface area contributed by atoms with E-state index in [-0.39, 0.29) is 0 Å². The lowest BCUT2D eigenvalue weighted by Gasteiger charge is -2.33. The first-order valence-electron chi connectivity index (χ1n) is 6.39. The summed E-state index contributed by atoms with van der Waals surface area (Å²) >= 11 is 1.98. The monoisotopic (exact) mass is 250 g/mol. The molecule has 0 amide bonds. The van der Waals surface area contributed by atoms with Crippen molar-refractivity contribution < 1.29 is 0 Å². The molecular formula is C14H22N2S. The quantitative estimate of drug-likeness (QED) is 0.863. The molecule has 0 bridgehead atoms. The Kier molecular flexibility index (Phi) is 4.00. The van der Waals surface area contributed by atoms with Gasteiger partial charge in [-0.2, -0.15) is 0 Å². The van der Waals surface area contributed by atoms with Gasteiger partial charge < -0.3 is 11.1 Å². The molecular weight excluding hydrogens is 228 g/mol. The van der Waals surface area contributed by atoms with Gasteiger partial charge in [0.1, 0.15) is 0 Å². The molecule has 2 atom stereocenters. The summed E-state index contributed by atoms with van der Waals surface area (Å²) < 4.78 is 0. The first-order valence-corrected chi connectivity index (χ1v) is 7.27. The number of nitrogens with two attached hydrogens (primary N) is 1. The Labute approximate surface area is 108 Å². The number of hydrogen-bond donors (Lipinski definition) is 2. The smallest absolute Gasteiger partial charge is 0.0516 e. The highest BCUT2D eigenvalue weighted by molar-refractivity contribution is 8.00. The number of rotatable bonds is 3. The Bertz CT molecular complexity index is 390. The summed E-state index contributed by atoms with van der Waals surface area (Å²) in [5.74, 6) is 0.566. The molecule has 2 rings (SSSR count). The van der Waals surface area contributed by atoms with E-state index in [9.17, 15) is 0 Å². The summed E-state index contributed by atoms with van der Waals surface area (Å²) in [5.41, 5.74) is 8.44. The fraction of sp³-hybridized carbons (Fsp3) is 0.571. The zero-order valence-corrected chi connectivity index (χ0v) is 11.7. The highest BCUT2D eigenvalue weighted by Gasteiger charge is 2.26. The third-order valence-corrected chi connectivity index (χ3v) is 4.88. The van der Waals surface area contributed by atoms with Crippen LogP contribution >= 0.6 is 11.8 Å². The van der Waals surface area contributed by atoms with Crippen LogP contribution in [0.15, 0.2) is 23.1 Å². The van der Waals surface area contributed by atoms with Crippen LogP contribution in [-0.2, 0) is 0 Å². The van der Waals surface area contributed by atoms with E-state index in [1.165, 1.54) is 16.1 Å². The van der Waals surface area contributed by atoms with Gasteiger partial charge in [0, 0.05) is 16.2 Å². The maximum absolute atomic E-state index is 5.68. The first kappa shape index (κ1) is 12.8. The standard InChI is InChI=1S/C14H22N2S/c1-9(2)11-5-4-6-13-14(11)16-10(3)12(17-13)7-8-15/h4-6,9-10,12,16H,7-8,15H2,1-3H3. The summed E-state index contributed by atoms with van der Waals surface area (Å²) in [7, 11) is 0. The van der Waals surface area contributed by atoms with Gasteiger partial charge >= 0.3 is 0 Å². The molecule has 0 saturated carbocycles. The van der Waals surface area contributed by atoms with Gasteiger partial charge in [-0.25, -0.2) is 0 Å². The van der Waals surface area contributed by atoms with Crippen LogP contribution in [-0.4, -0.2) is 17.8 Å². The van der Waals surface area contributed by atoms with E-state index < -0.39 is 0 Å². The van der Waals surface area contributed by atoms with Gasteiger partial charge in [-0.05, 0) is 37.4 Å². The van der Waals surface area contributed by atoms with Gasteiger partial charge in [0.15, 0.2) is 0 Å². The molecule has 0 aromatic heterocycles. The van der Waals surface area contributed by atoms with Crippen molar-refractivity contribution in [2.24, 2.45) is 5.73 Å². The number of benzene rings is 1. The van der Waals surface area contributed by atoms with Crippen molar-refractivity contribution in [3.8, 4) is 0 Å². The summed E-state index contributed by atoms with van der Waals surface area (Å²) in [6, 6.07) is 7.11. The molecule has 0 saturated heterocycles. The van der Waals surface area contributed by atoms with Crippen molar-refractivity contribution >= 4 is 17.4 Å². The van der Waals surface area contributed by atoms with E-state index in [1.807, 2.05) is 11.8 Å². The van der Waals surface area contributed by atoms with Gasteiger partial charge in [0.05, 0.1) is 5.69 Å². The third-order valence-electron chi connectivity index (χ3n) is 3.34. The van der Waals surface area contributed by atoms with Crippen molar-refractivity contribution in [2.75, 3.05) is 11.9 Å². The highest BCUT2D eigenvalue weighted by atomic mass is 32.2. The molecule has 1 aliphatic rings. The lowest BCUT2D eigenvalue weighted by molar-refractivity contribution is 0.669. The van der Waals surface area contributed by atoms with E-state index in [0.29, 0.717) is 17.2 Å². The molecule has 2 nitrogen and oxygen atoms in total. The Morgan fingerprint density at radius 1 is 1.41 bits per heavy atom. The second-order valence-corrected chi connectivity index (χ2v) is 6.32. The topological polar surface area (TPSA) is 38.0 Å². The molecule has 0 spiro atoms. The zero-order valence-electron chi connectivity index (χ0n) is 10.9. The average Bonchev–Trinajstić information content (AvgIpc) is 2.29. The Morgan fingerprint density at radius 3 is 2.82 bits per heavy atom. The second kappa shape index (κ2) is 5.32. The first-order chi connectivity index (χ1) is 8.13. The summed E-state index contributed by atoms with van der Waals surface area (Å²) in [6.45, 7) is 7.52. The van der Waals surface area contributed by atoms with Crippen LogP contribution in [0.3, 0.4) is 0 Å². The van der Waals surface area contributed by atoms with E-state index >= 15 is 0 Å². The summed E-state index contributed by atoms with van der Waals surface area (Å²) in [5, 5.41) is 4.26. The van der Waals surface area contributed by atoms with Crippen molar-refractivity contribution in [1.29, 1.82) is 0 Å². The minimum atomic E-state index is 0.496. The van der Waals surface area contributed by atoms with E-state index in [4.69, 9.17) is 5.73 Å². The minimum absolute atomic E-state index is 0.496. The SMILES string of the molecule is CC(C)c1cccc2c1NC(C)C(CCN)S2. The van der Waals surface area contributed by atoms with Crippen LogP contribution in [0.5, 0.6) is 0 Å². The van der Waals surface area contributed by atoms with Gasteiger partial charge in [-0.3, -0.25) is 0 Å². The van der Waals surface area contributed by atoms with Gasteiger partial charge in [-0.1, -0.05) is 26.0 Å². The van der Waals surface area contributed by atoms with Crippen molar-refractivity contribution in [3.05, 3.63) is 23.8 Å². The van der Waals surface area contributed by atoms with Crippen LogP contribution in [0.25, 0.3) is 0 Å². The molecule has 3 heteroatoms. The van der Waals surface area contributed by atoms with Gasteiger partial charge in [-0.15, -0.1) is 11.8 Å². The molecule has 3 N–H and O–H groups in total. The van der Waals surface area contributed by atoms with Crippen molar-refractivity contribution in [3.63, 3.8) is 0 Å². The molecule has 1 heterocycles. The predicted octanol–water partition coefficient (Wildman–Crippen LogP) is 3.43. The fourth-order valence-electron chi connectivity index (χ4n) is 2.34. The Balaban J connectivity index is 2.30. The molecule has 0 aliphatic carbocycles. The zero-order chi connectivity index (χ0) is 12.4. The molecule has 1 aromatic rings. The number of para-hydroxylation sites is 1. The molecule has 0 fully saturated rings. The van der Waals surface area contributed by atoms with Gasteiger partial charge in [0.25, 0.3) is 0 Å². The summed E-state index contributed by atoms with van der Waals surface area (Å²) in [4.78, 5) is 1.38. The maximum Gasteiger partial charge on any atom is 0.0516 e. The molecule has 1 aromatic carbocycles. The molecule has 94 valence electrons. The van der Waals surface area contributed by atoms with E-state index in [0.717, 1.165) is 13.0 Å². The number of fused-ring (bicyclic) bond motifs is 1. The number of hydrogen-bond acceptors (Lipinski definition) is 3. The van der Waals surface area contributed by atoms with E-state index in [1.54, 1.807) is 0 Å². The van der Waals surface area contributed by atoms with E-state index in [2.05, 4.69) is 44.3 Å². The van der Waals surface area contributed by atoms with Crippen molar-refractivity contribution in [2.45, 2.75) is 49.3 Å². The van der Waals surface area contributed by atoms with Crippen LogP contribution in [0, 0.1) is 0 Å². The van der Waals surface area contributed by atoms with Crippen LogP contribution in [0.2, 0.25) is 0 Å². The Hall–Kier alpha value is -0.670. The number of thioether (sulfide) groups is 1. The lowest BCUT2D eigenvalue weighted by atomic mass is 10.00. The molecule has 0 radical (unpaired) electrons. The van der Waals surface area contributed by atoms with Crippen LogP contribution in [0.4, 0.5) is 5.69 Å². The lowest BCUT2D eigenvalue weighted by Crippen LogP contribution is -2.34. The predicted molar refractivity (Wildman–Crippen MR) is 76.9 cm³/mol. The summed E-state index contributed by atoms with van der Waals surface area (Å²) in [6.07, 6.45) is 1.07. The van der Waals surface area contributed by atoms with Crippen LogP contribution < -0.4 is 11.1 Å². The van der Waals surface area contributed by atoms with Crippen LogP contribution in [0.1, 0.15) is 38.7 Å². The van der Waals surface area contributed by atoms with Crippen molar-refractivity contribution in [1.82, 2.24) is 0 Å². The second-order valence-electron chi connectivity index (χ2n) is 5.04. The average molecular weight is 250 g/mol. The third kappa shape index (κ3) is 2.61. The van der Waals surface area contributed by atoms with Gasteiger partial charge in [0.2, 0.25) is 0 Å². The largest absolute Gasteiger partial charge is 0.380 e. The number of nitrogens with one attached hydrogen (secondary N) is 1. The molecule has 1 aliphatic heterocycles. The molecule has 17 heavy (non-hydrogen) atoms. The number of anilines is 1.